The Kier molecular flexibility index (Phi) is 6.92. The zero-order valence-corrected chi connectivity index (χ0v) is 23.9. The fourth-order valence-corrected chi connectivity index (χ4v) is 8.06. The number of amides is 3. The number of carbonyl (C=O) groups is 3. The minimum atomic E-state index is -0.765. The highest BCUT2D eigenvalue weighted by Crippen LogP contribution is 2.53. The summed E-state index contributed by atoms with van der Waals surface area (Å²) in [5, 5.41) is 3.07. The Morgan fingerprint density at radius 2 is 1.77 bits per heavy atom. The molecule has 0 radical (unpaired) electrons. The fourth-order valence-electron chi connectivity index (χ4n) is 4.90. The van der Waals surface area contributed by atoms with Crippen molar-refractivity contribution >= 4 is 79.7 Å². The predicted molar refractivity (Wildman–Crippen MR) is 155 cm³/mol. The summed E-state index contributed by atoms with van der Waals surface area (Å²) in [4.78, 5) is 59.4. The van der Waals surface area contributed by atoms with Crippen LogP contribution in [-0.4, -0.2) is 32.5 Å². The highest BCUT2D eigenvalue weighted by molar-refractivity contribution is 9.10. The molecule has 39 heavy (non-hydrogen) atoms. The average molecular weight is 642 g/mol. The number of benzene rings is 2. The summed E-state index contributed by atoms with van der Waals surface area (Å²) in [7, 11) is 0. The van der Waals surface area contributed by atoms with Crippen LogP contribution in [0.4, 0.5) is 11.4 Å². The molecule has 2 unspecified atom stereocenters. The summed E-state index contributed by atoms with van der Waals surface area (Å²) < 4.78 is 2.21. The van der Waals surface area contributed by atoms with Crippen molar-refractivity contribution in [2.45, 2.75) is 22.7 Å². The zero-order chi connectivity index (χ0) is 27.3. The number of pyridine rings is 1. The van der Waals surface area contributed by atoms with E-state index >= 15 is 0 Å². The van der Waals surface area contributed by atoms with Crippen LogP contribution in [0.15, 0.2) is 87.4 Å². The summed E-state index contributed by atoms with van der Waals surface area (Å²) in [5.41, 5.74) is 1.76. The van der Waals surface area contributed by atoms with Crippen molar-refractivity contribution in [3.05, 3.63) is 103 Å². The van der Waals surface area contributed by atoms with E-state index in [1.54, 1.807) is 67.0 Å². The Labute approximate surface area is 244 Å². The van der Waals surface area contributed by atoms with Gasteiger partial charge in [0.2, 0.25) is 17.7 Å². The van der Waals surface area contributed by atoms with E-state index in [1.165, 1.54) is 21.2 Å². The maximum Gasteiger partial charge on any atom is 0.308 e. The van der Waals surface area contributed by atoms with Crippen LogP contribution in [0.2, 0.25) is 5.02 Å². The number of nitrogens with one attached hydrogen (secondary N) is 1. The van der Waals surface area contributed by atoms with Gasteiger partial charge < -0.3 is 5.32 Å². The summed E-state index contributed by atoms with van der Waals surface area (Å²) in [5.74, 6) is -2.36. The fraction of sp³-hybridized carbons (Fsp3) is 0.148. The van der Waals surface area contributed by atoms with Crippen LogP contribution < -0.4 is 15.1 Å². The first-order valence-electron chi connectivity index (χ1n) is 11.8. The molecule has 0 saturated carbocycles. The molecule has 1 N–H and O–H groups in total. The van der Waals surface area contributed by atoms with Gasteiger partial charge in [-0.25, -0.2) is 4.90 Å². The van der Waals surface area contributed by atoms with Crippen molar-refractivity contribution in [3.8, 4) is 0 Å². The first kappa shape index (κ1) is 26.0. The molecule has 4 heterocycles. The van der Waals surface area contributed by atoms with Crippen LogP contribution in [0, 0.1) is 5.92 Å². The zero-order valence-electron chi connectivity index (χ0n) is 19.9. The van der Waals surface area contributed by atoms with Crippen LogP contribution in [0.3, 0.4) is 0 Å². The van der Waals surface area contributed by atoms with Gasteiger partial charge in [-0.3, -0.25) is 28.7 Å². The van der Waals surface area contributed by atoms with E-state index < -0.39 is 23.0 Å². The minimum absolute atomic E-state index is 0.240. The molecule has 0 aliphatic carbocycles. The third kappa shape index (κ3) is 4.73. The van der Waals surface area contributed by atoms with E-state index in [0.29, 0.717) is 26.3 Å². The molecule has 1 fully saturated rings. The Balaban J connectivity index is 1.39. The molecule has 1 saturated heterocycles. The third-order valence-electron chi connectivity index (χ3n) is 6.61. The van der Waals surface area contributed by atoms with Gasteiger partial charge in [-0.1, -0.05) is 56.7 Å². The molecule has 2 aromatic heterocycles. The summed E-state index contributed by atoms with van der Waals surface area (Å²) in [6.45, 7) is -0.240. The van der Waals surface area contributed by atoms with Gasteiger partial charge in [0, 0.05) is 38.4 Å². The first-order chi connectivity index (χ1) is 18.8. The van der Waals surface area contributed by atoms with E-state index in [0.717, 1.165) is 21.4 Å². The summed E-state index contributed by atoms with van der Waals surface area (Å²) in [6.07, 6.45) is 3.28. The molecular formula is C27H18BrClN4O4S2. The molecule has 12 heteroatoms. The number of hydrogen-bond donors (Lipinski definition) is 1. The molecule has 0 spiro atoms. The molecular weight excluding hydrogens is 624 g/mol. The second-order valence-corrected chi connectivity index (χ2v) is 12.5. The molecule has 6 rings (SSSR count). The average Bonchev–Trinajstić information content (AvgIpc) is 3.37. The van der Waals surface area contributed by atoms with E-state index in [-0.39, 0.29) is 23.2 Å². The lowest BCUT2D eigenvalue weighted by atomic mass is 9.84. The lowest BCUT2D eigenvalue weighted by molar-refractivity contribution is -0.122. The van der Waals surface area contributed by atoms with E-state index in [9.17, 15) is 19.2 Å². The van der Waals surface area contributed by atoms with Gasteiger partial charge in [0.1, 0.15) is 11.8 Å². The Morgan fingerprint density at radius 1 is 1.03 bits per heavy atom. The van der Waals surface area contributed by atoms with Crippen LogP contribution in [0.5, 0.6) is 0 Å². The quantitative estimate of drug-likeness (QED) is 0.303. The highest BCUT2D eigenvalue weighted by Gasteiger charge is 2.56. The first-order valence-corrected chi connectivity index (χ1v) is 14.7. The number of fused-ring (bicyclic) bond motifs is 2. The van der Waals surface area contributed by atoms with E-state index in [4.69, 9.17) is 11.6 Å². The maximum absolute atomic E-state index is 13.8. The smallest absolute Gasteiger partial charge is 0.308 e. The number of thioether (sulfide) groups is 1. The van der Waals surface area contributed by atoms with Crippen molar-refractivity contribution in [1.29, 1.82) is 0 Å². The SMILES string of the molecule is O=C(Cn1c2c(sc1=O)[C@@H](c1cccnc1)C1C(=O)N(c3ccc(Br)cc3)C(=O)C1S2)Nc1ccc(Cl)cc1. The van der Waals surface area contributed by atoms with E-state index in [1.807, 2.05) is 6.07 Å². The second-order valence-electron chi connectivity index (χ2n) is 9.00. The van der Waals surface area contributed by atoms with Gasteiger partial charge in [-0.05, 0) is 60.2 Å². The van der Waals surface area contributed by atoms with Gasteiger partial charge in [0.05, 0.1) is 16.6 Å². The topological polar surface area (TPSA) is 101 Å². The third-order valence-corrected chi connectivity index (χ3v) is 9.99. The second kappa shape index (κ2) is 10.4. The predicted octanol–water partition coefficient (Wildman–Crippen LogP) is 5.16. The monoisotopic (exact) mass is 640 g/mol. The highest BCUT2D eigenvalue weighted by atomic mass is 79.9. The number of nitrogens with zero attached hydrogens (tertiary/aromatic N) is 3. The molecule has 0 bridgehead atoms. The lowest BCUT2D eigenvalue weighted by Gasteiger charge is -2.30. The molecule has 3 amide bonds. The molecule has 4 aromatic rings. The lowest BCUT2D eigenvalue weighted by Crippen LogP contribution is -2.33. The number of anilines is 2. The van der Waals surface area contributed by atoms with Gasteiger partial charge in [0.15, 0.2) is 0 Å². The minimum Gasteiger partial charge on any atom is -0.325 e. The van der Waals surface area contributed by atoms with Crippen molar-refractivity contribution in [3.63, 3.8) is 0 Å². The molecule has 8 nitrogen and oxygen atoms in total. The van der Waals surface area contributed by atoms with Crippen molar-refractivity contribution in [1.82, 2.24) is 9.55 Å². The molecule has 196 valence electrons. The number of aromatic nitrogens is 2. The van der Waals surface area contributed by atoms with Gasteiger partial charge in [-0.2, -0.15) is 0 Å². The van der Waals surface area contributed by atoms with Crippen LogP contribution in [0.25, 0.3) is 0 Å². The van der Waals surface area contributed by atoms with Crippen molar-refractivity contribution < 1.29 is 14.4 Å². The van der Waals surface area contributed by atoms with Gasteiger partial charge >= 0.3 is 4.87 Å². The number of rotatable bonds is 5. The maximum atomic E-state index is 13.8. The van der Waals surface area contributed by atoms with Crippen molar-refractivity contribution in [2.75, 3.05) is 10.2 Å². The number of hydrogen-bond acceptors (Lipinski definition) is 7. The Bertz CT molecular complexity index is 1660. The Morgan fingerprint density at radius 3 is 2.46 bits per heavy atom. The largest absolute Gasteiger partial charge is 0.325 e. The normalized spacial score (nSPS) is 20.1. The molecule has 2 aliphatic heterocycles. The Hall–Kier alpha value is -3.25. The summed E-state index contributed by atoms with van der Waals surface area (Å²) >= 11 is 11.5. The summed E-state index contributed by atoms with van der Waals surface area (Å²) in [6, 6.07) is 17.2. The molecule has 2 aliphatic rings. The number of carbonyl (C=O) groups excluding carboxylic acids is 3. The van der Waals surface area contributed by atoms with Crippen LogP contribution >= 0.6 is 50.6 Å². The van der Waals surface area contributed by atoms with Gasteiger partial charge in [0.25, 0.3) is 0 Å². The molecule has 3 atom stereocenters. The number of thiazole rings is 1. The van der Waals surface area contributed by atoms with Gasteiger partial charge in [-0.15, -0.1) is 0 Å². The van der Waals surface area contributed by atoms with Crippen LogP contribution in [-0.2, 0) is 20.9 Å². The van der Waals surface area contributed by atoms with E-state index in [2.05, 4.69) is 26.2 Å². The van der Waals surface area contributed by atoms with Crippen LogP contribution in [0.1, 0.15) is 16.4 Å². The molecule has 2 aromatic carbocycles. The number of imide groups is 1. The standard InChI is InChI=1S/C27H18BrClN4O4S2/c28-15-3-9-18(10-4-15)33-24(35)21-20(14-2-1-11-30-12-14)23-26(38-22(21)25(33)36)32(27(37)39-23)13-19(34)31-17-7-5-16(29)6-8-17/h1-12,20-22H,13H2,(H,31,34)/t20-,21?,22?/m0/s1. The number of halogens is 2. The van der Waals surface area contributed by atoms with Crippen molar-refractivity contribution in [2.24, 2.45) is 5.92 Å².